The maximum absolute atomic E-state index is 12.7. The highest BCUT2D eigenvalue weighted by atomic mass is 16.7. The van der Waals surface area contributed by atoms with Crippen LogP contribution in [0.5, 0.6) is 0 Å². The van der Waals surface area contributed by atoms with Crippen LogP contribution in [0.15, 0.2) is 12.2 Å². The topological polar surface area (TPSA) is 152 Å². The number of aliphatic hydroxyl groups excluding tert-OH is 4. The van der Waals surface area contributed by atoms with Crippen LogP contribution >= 0.6 is 0 Å². The smallest absolute Gasteiger partial charge is 0.306 e. The van der Waals surface area contributed by atoms with Crippen LogP contribution in [-0.2, 0) is 28.5 Å². The number of hydrogen-bond donors (Lipinski definition) is 4. The van der Waals surface area contributed by atoms with Crippen molar-refractivity contribution in [1.29, 1.82) is 0 Å². The van der Waals surface area contributed by atoms with Gasteiger partial charge in [-0.1, -0.05) is 193 Å². The van der Waals surface area contributed by atoms with Gasteiger partial charge in [-0.2, -0.15) is 0 Å². The first-order valence-corrected chi connectivity index (χ1v) is 24.3. The highest BCUT2D eigenvalue weighted by Gasteiger charge is 2.44. The number of hydrogen-bond acceptors (Lipinski definition) is 10. The van der Waals surface area contributed by atoms with Crippen LogP contribution in [0.1, 0.15) is 226 Å². The van der Waals surface area contributed by atoms with Crippen molar-refractivity contribution < 1.29 is 49.0 Å². The Morgan fingerprint density at radius 2 is 0.948 bits per heavy atom. The molecule has 10 heteroatoms. The summed E-state index contributed by atoms with van der Waals surface area (Å²) in [5, 5.41) is 40.0. The molecular weight excluding hydrogens is 737 g/mol. The van der Waals surface area contributed by atoms with Crippen molar-refractivity contribution in [2.45, 2.75) is 263 Å². The van der Waals surface area contributed by atoms with E-state index in [1.807, 2.05) is 0 Å². The first-order valence-electron chi connectivity index (χ1n) is 24.3. The van der Waals surface area contributed by atoms with Gasteiger partial charge in [0.25, 0.3) is 0 Å². The van der Waals surface area contributed by atoms with E-state index in [0.717, 1.165) is 64.2 Å². The SMILES string of the molecule is CCC/C=C\CCCCCCCC(=O)OC(COC(=O)CCCCCCCCCCCCCCCCCCCCCCCCC)COC1OC(CO)C(O)C(O)C1O. The number of ether oxygens (including phenoxy) is 4. The van der Waals surface area contributed by atoms with E-state index < -0.39 is 49.4 Å². The molecule has 1 aliphatic rings. The quantitative estimate of drug-likeness (QED) is 0.0266. The molecule has 0 radical (unpaired) electrons. The molecule has 6 atom stereocenters. The molecule has 1 heterocycles. The summed E-state index contributed by atoms with van der Waals surface area (Å²) in [4.78, 5) is 25.3. The van der Waals surface area contributed by atoms with E-state index in [1.54, 1.807) is 0 Å². The van der Waals surface area contributed by atoms with Gasteiger partial charge in [0, 0.05) is 12.8 Å². The highest BCUT2D eigenvalue weighted by molar-refractivity contribution is 5.70. The lowest BCUT2D eigenvalue weighted by molar-refractivity contribution is -0.305. The Balaban J connectivity index is 2.19. The fourth-order valence-electron chi connectivity index (χ4n) is 7.55. The molecule has 6 unspecified atom stereocenters. The van der Waals surface area contributed by atoms with Crippen LogP contribution < -0.4 is 0 Å². The monoisotopic (exact) mass is 827 g/mol. The number of carbonyl (C=O) groups excluding carboxylic acids is 2. The van der Waals surface area contributed by atoms with Crippen molar-refractivity contribution in [3.05, 3.63) is 12.2 Å². The van der Waals surface area contributed by atoms with Gasteiger partial charge in [-0.15, -0.1) is 0 Å². The number of esters is 2. The average Bonchev–Trinajstić information content (AvgIpc) is 3.22. The molecule has 10 nitrogen and oxygen atoms in total. The maximum atomic E-state index is 12.7. The summed E-state index contributed by atoms with van der Waals surface area (Å²) in [5.41, 5.74) is 0. The molecule has 1 saturated heterocycles. The van der Waals surface area contributed by atoms with Crippen LogP contribution in [0.2, 0.25) is 0 Å². The summed E-state index contributed by atoms with van der Waals surface area (Å²) in [7, 11) is 0. The molecule has 1 rings (SSSR count). The van der Waals surface area contributed by atoms with Gasteiger partial charge in [0.2, 0.25) is 0 Å². The van der Waals surface area contributed by atoms with Gasteiger partial charge in [0.1, 0.15) is 31.0 Å². The third-order valence-corrected chi connectivity index (χ3v) is 11.4. The average molecular weight is 827 g/mol. The van der Waals surface area contributed by atoms with Crippen molar-refractivity contribution >= 4 is 11.9 Å². The minimum absolute atomic E-state index is 0.215. The second kappa shape index (κ2) is 39.6. The van der Waals surface area contributed by atoms with Crippen LogP contribution in [-0.4, -0.2) is 89.0 Å². The second-order valence-electron chi connectivity index (χ2n) is 16.9. The molecule has 0 aromatic heterocycles. The lowest BCUT2D eigenvalue weighted by Gasteiger charge is -2.39. The van der Waals surface area contributed by atoms with Crippen molar-refractivity contribution in [3.63, 3.8) is 0 Å². The Hall–Kier alpha value is -1.56. The lowest BCUT2D eigenvalue weighted by Crippen LogP contribution is -2.59. The first-order chi connectivity index (χ1) is 28.3. The number of unbranched alkanes of at least 4 members (excludes halogenated alkanes) is 28. The zero-order valence-corrected chi connectivity index (χ0v) is 37.3. The van der Waals surface area contributed by atoms with E-state index in [0.29, 0.717) is 6.42 Å². The fraction of sp³-hybridized carbons (Fsp3) is 0.917. The van der Waals surface area contributed by atoms with E-state index in [2.05, 4.69) is 26.0 Å². The predicted molar refractivity (Wildman–Crippen MR) is 233 cm³/mol. The molecule has 0 saturated carbocycles. The Bertz CT molecular complexity index is 959. The van der Waals surface area contributed by atoms with Crippen LogP contribution in [0.4, 0.5) is 0 Å². The Labute approximate surface area is 354 Å². The number of allylic oxidation sites excluding steroid dienone is 2. The second-order valence-corrected chi connectivity index (χ2v) is 16.9. The third-order valence-electron chi connectivity index (χ3n) is 11.4. The van der Waals surface area contributed by atoms with E-state index in [9.17, 15) is 30.0 Å². The number of rotatable bonds is 41. The Morgan fingerprint density at radius 1 is 0.517 bits per heavy atom. The molecule has 342 valence electrons. The molecule has 4 N–H and O–H groups in total. The van der Waals surface area contributed by atoms with Crippen molar-refractivity contribution in [2.24, 2.45) is 0 Å². The summed E-state index contributed by atoms with van der Waals surface area (Å²) in [6, 6.07) is 0. The Morgan fingerprint density at radius 3 is 1.41 bits per heavy atom. The molecule has 1 aliphatic heterocycles. The van der Waals surface area contributed by atoms with E-state index in [1.165, 1.54) is 128 Å². The lowest BCUT2D eigenvalue weighted by atomic mass is 9.99. The van der Waals surface area contributed by atoms with Gasteiger partial charge in [-0.3, -0.25) is 9.59 Å². The Kier molecular flexibility index (Phi) is 37.2. The molecule has 0 amide bonds. The summed E-state index contributed by atoms with van der Waals surface area (Å²) in [6.45, 7) is 3.38. The summed E-state index contributed by atoms with van der Waals surface area (Å²) >= 11 is 0. The third kappa shape index (κ3) is 30.5. The number of aliphatic hydroxyl groups is 4. The zero-order chi connectivity index (χ0) is 42.3. The van der Waals surface area contributed by atoms with E-state index >= 15 is 0 Å². The zero-order valence-electron chi connectivity index (χ0n) is 37.3. The van der Waals surface area contributed by atoms with Crippen molar-refractivity contribution in [3.8, 4) is 0 Å². The van der Waals surface area contributed by atoms with Crippen molar-refractivity contribution in [1.82, 2.24) is 0 Å². The van der Waals surface area contributed by atoms with Gasteiger partial charge >= 0.3 is 11.9 Å². The number of carbonyl (C=O) groups is 2. The molecule has 58 heavy (non-hydrogen) atoms. The predicted octanol–water partition coefficient (Wildman–Crippen LogP) is 10.7. The fourth-order valence-corrected chi connectivity index (χ4v) is 7.55. The van der Waals surface area contributed by atoms with Crippen LogP contribution in [0.25, 0.3) is 0 Å². The van der Waals surface area contributed by atoms with Crippen molar-refractivity contribution in [2.75, 3.05) is 19.8 Å². The van der Waals surface area contributed by atoms with Gasteiger partial charge in [-0.25, -0.2) is 0 Å². The van der Waals surface area contributed by atoms with Gasteiger partial charge in [0.05, 0.1) is 13.2 Å². The molecule has 1 fully saturated rings. The summed E-state index contributed by atoms with van der Waals surface area (Å²) in [5.74, 6) is -0.808. The molecule has 0 spiro atoms. The van der Waals surface area contributed by atoms with E-state index in [4.69, 9.17) is 18.9 Å². The molecule has 0 bridgehead atoms. The van der Waals surface area contributed by atoms with Crippen LogP contribution in [0, 0.1) is 0 Å². The molecule has 0 aromatic carbocycles. The normalized spacial score (nSPS) is 20.1. The minimum Gasteiger partial charge on any atom is -0.462 e. The van der Waals surface area contributed by atoms with Crippen LogP contribution in [0.3, 0.4) is 0 Å². The molecular formula is C48H90O10. The minimum atomic E-state index is -1.59. The maximum Gasteiger partial charge on any atom is 0.306 e. The summed E-state index contributed by atoms with van der Waals surface area (Å²) < 4.78 is 22.1. The molecule has 0 aliphatic carbocycles. The highest BCUT2D eigenvalue weighted by Crippen LogP contribution is 2.23. The summed E-state index contributed by atoms with van der Waals surface area (Å²) in [6.07, 6.45) is 35.3. The van der Waals surface area contributed by atoms with Gasteiger partial charge in [0.15, 0.2) is 12.4 Å². The van der Waals surface area contributed by atoms with E-state index in [-0.39, 0.29) is 32.0 Å². The first kappa shape index (κ1) is 54.5. The van der Waals surface area contributed by atoms with Gasteiger partial charge < -0.3 is 39.4 Å². The molecule has 0 aromatic rings. The standard InChI is InChI=1S/C48H90O10/c1-3-5-7-9-11-13-15-16-17-18-19-20-21-22-23-24-25-26-27-29-30-32-34-36-43(50)55-39-41(40-56-48-47(54)46(53)45(52)42(38-49)58-48)57-44(51)37-35-33-31-28-14-12-10-8-6-4-2/h8,10,41-42,45-49,52-54H,3-7,9,11-40H2,1-2H3/b10-8-. The van der Waals surface area contributed by atoms with Gasteiger partial charge in [-0.05, 0) is 32.1 Å². The largest absolute Gasteiger partial charge is 0.462 e.